The van der Waals surface area contributed by atoms with Crippen molar-refractivity contribution in [2.24, 2.45) is 0 Å². The first-order valence-corrected chi connectivity index (χ1v) is 12.4. The average molecular weight is 467 g/mol. The number of hydrogen-bond donors (Lipinski definition) is 0. The van der Waals surface area contributed by atoms with Gasteiger partial charge in [-0.1, -0.05) is 6.07 Å². The smallest absolute Gasteiger partial charge is 0.256 e. The lowest BCUT2D eigenvalue weighted by Crippen LogP contribution is -2.56. The summed E-state index contributed by atoms with van der Waals surface area (Å²) in [6.45, 7) is 3.23. The summed E-state index contributed by atoms with van der Waals surface area (Å²) in [4.78, 5) is 15.0. The molecule has 1 atom stereocenters. The Morgan fingerprint density at radius 1 is 1.21 bits per heavy atom. The molecule has 2 saturated heterocycles. The number of aromatic nitrogens is 4. The Morgan fingerprint density at radius 3 is 2.88 bits per heavy atom. The van der Waals surface area contributed by atoms with Crippen molar-refractivity contribution in [3.05, 3.63) is 71.6 Å². The zero-order valence-corrected chi connectivity index (χ0v) is 19.0. The van der Waals surface area contributed by atoms with Gasteiger partial charge < -0.3 is 4.90 Å². The van der Waals surface area contributed by atoms with Crippen molar-refractivity contribution in [1.82, 2.24) is 30.1 Å². The Balaban J connectivity index is 1.17. The fourth-order valence-electron chi connectivity index (χ4n) is 5.27. The number of carbonyl (C=O) groups excluding carboxylic acids is 1. The van der Waals surface area contributed by atoms with E-state index in [2.05, 4.69) is 45.0 Å². The summed E-state index contributed by atoms with van der Waals surface area (Å²) in [6, 6.07) is 6.35. The number of amides is 1. The van der Waals surface area contributed by atoms with Crippen LogP contribution in [0.4, 0.5) is 4.39 Å². The van der Waals surface area contributed by atoms with Gasteiger partial charge in [-0.15, -0.1) is 21.9 Å². The van der Waals surface area contributed by atoms with Crippen LogP contribution in [0.15, 0.2) is 60.0 Å². The number of piperidine rings is 1. The maximum Gasteiger partial charge on any atom is 0.256 e. The Kier molecular flexibility index (Phi) is 5.16. The van der Waals surface area contributed by atoms with Crippen LogP contribution in [-0.2, 0) is 4.79 Å². The van der Waals surface area contributed by atoms with Gasteiger partial charge in [0.2, 0.25) is 0 Å². The summed E-state index contributed by atoms with van der Waals surface area (Å²) < 4.78 is 16.0. The van der Waals surface area contributed by atoms with Gasteiger partial charge in [0, 0.05) is 43.5 Å². The highest BCUT2D eigenvalue weighted by atomic mass is 32.2. The number of quaternary nitrogens is 1. The predicted octanol–water partition coefficient (Wildman–Crippen LogP) is 2.60. The van der Waals surface area contributed by atoms with E-state index in [9.17, 15) is 9.18 Å². The number of rotatable bonds is 4. The molecular formula is C23H25FN7OS+. The molecule has 0 radical (unpaired) electrons. The third-order valence-corrected chi connectivity index (χ3v) is 7.95. The van der Waals surface area contributed by atoms with Gasteiger partial charge in [-0.25, -0.2) is 4.39 Å². The topological polar surface area (TPSA) is 67.2 Å². The quantitative estimate of drug-likeness (QED) is 0.646. The SMILES string of the molecule is O=C(C1=CC2=CC=C[N@@+]2(N2CCC(c3nnnn3-c3cccc(F)c3)CC2)C1)N1CCSC1. The maximum absolute atomic E-state index is 13.7. The van der Waals surface area contributed by atoms with Crippen molar-refractivity contribution in [2.45, 2.75) is 18.8 Å². The molecule has 6 rings (SSSR count). The molecule has 2 aromatic rings. The molecule has 0 bridgehead atoms. The molecule has 33 heavy (non-hydrogen) atoms. The number of fused-ring (bicyclic) bond motifs is 1. The van der Waals surface area contributed by atoms with Crippen molar-refractivity contribution in [3.8, 4) is 5.69 Å². The van der Waals surface area contributed by atoms with E-state index in [4.69, 9.17) is 0 Å². The molecule has 0 unspecified atom stereocenters. The highest BCUT2D eigenvalue weighted by Crippen LogP contribution is 2.40. The summed E-state index contributed by atoms with van der Waals surface area (Å²) >= 11 is 1.81. The lowest BCUT2D eigenvalue weighted by molar-refractivity contribution is -0.949. The van der Waals surface area contributed by atoms with Gasteiger partial charge in [-0.3, -0.25) is 4.79 Å². The average Bonchev–Trinajstić information content (AvgIpc) is 3.62. The van der Waals surface area contributed by atoms with Crippen LogP contribution in [0.25, 0.3) is 5.69 Å². The minimum Gasteiger partial charge on any atom is -0.329 e. The molecule has 1 aromatic carbocycles. The molecule has 10 heteroatoms. The first kappa shape index (κ1) is 20.8. The first-order chi connectivity index (χ1) is 16.1. The molecule has 0 aliphatic carbocycles. The number of benzene rings is 1. The zero-order chi connectivity index (χ0) is 22.4. The molecule has 2 fully saturated rings. The van der Waals surface area contributed by atoms with Crippen LogP contribution < -0.4 is 0 Å². The van der Waals surface area contributed by atoms with Crippen LogP contribution in [0.2, 0.25) is 0 Å². The van der Waals surface area contributed by atoms with Gasteiger partial charge in [0.05, 0.1) is 17.1 Å². The number of hydrogen-bond acceptors (Lipinski definition) is 6. The second kappa shape index (κ2) is 8.19. The van der Waals surface area contributed by atoms with E-state index in [1.807, 2.05) is 22.7 Å². The normalized spacial score (nSPS) is 25.4. The lowest BCUT2D eigenvalue weighted by atomic mass is 9.96. The zero-order valence-electron chi connectivity index (χ0n) is 18.2. The van der Waals surface area contributed by atoms with Crippen LogP contribution in [-0.4, -0.2) is 78.4 Å². The molecule has 0 spiro atoms. The minimum absolute atomic E-state index is 0.172. The number of halogens is 1. The van der Waals surface area contributed by atoms with Gasteiger partial charge in [0.25, 0.3) is 5.91 Å². The standard InChI is InChI=1S/C23H25FN7OS/c24-19-3-1-4-20(14-19)30-22(25-26-27-30)17-6-8-29(9-7-17)31-11-2-5-21(31)13-18(15-31)23(32)28-10-12-33-16-28/h1-5,11,13-14,17H,6-10,12,15-16H2/q+1/t31-/m1/s1. The molecule has 5 heterocycles. The van der Waals surface area contributed by atoms with E-state index < -0.39 is 0 Å². The van der Waals surface area contributed by atoms with Crippen LogP contribution >= 0.6 is 11.8 Å². The number of thioether (sulfide) groups is 1. The number of carbonyl (C=O) groups is 1. The van der Waals surface area contributed by atoms with Gasteiger partial charge >= 0.3 is 0 Å². The van der Waals surface area contributed by atoms with E-state index in [1.165, 1.54) is 12.1 Å². The Hall–Kier alpha value is -2.82. The van der Waals surface area contributed by atoms with Crippen LogP contribution in [0.1, 0.15) is 24.6 Å². The summed E-state index contributed by atoms with van der Waals surface area (Å²) in [6.07, 6.45) is 10.3. The Labute approximate surface area is 195 Å². The fourth-order valence-corrected chi connectivity index (χ4v) is 6.22. The Morgan fingerprint density at radius 2 is 2.09 bits per heavy atom. The second-order valence-electron chi connectivity index (χ2n) is 8.85. The van der Waals surface area contributed by atoms with E-state index in [-0.39, 0.29) is 17.6 Å². The summed E-state index contributed by atoms with van der Waals surface area (Å²) in [7, 11) is 0. The summed E-state index contributed by atoms with van der Waals surface area (Å²) in [5, 5.41) is 14.7. The molecule has 8 nitrogen and oxygen atoms in total. The van der Waals surface area contributed by atoms with Crippen molar-refractivity contribution >= 4 is 17.7 Å². The summed E-state index contributed by atoms with van der Waals surface area (Å²) in [5.74, 6) is 2.63. The number of nitrogens with zero attached hydrogens (tertiary/aromatic N) is 7. The number of allylic oxidation sites excluding steroid dienone is 3. The van der Waals surface area contributed by atoms with Gasteiger partial charge in [-0.05, 0) is 47.5 Å². The molecule has 170 valence electrons. The van der Waals surface area contributed by atoms with Crippen molar-refractivity contribution in [3.63, 3.8) is 0 Å². The van der Waals surface area contributed by atoms with E-state index in [0.717, 1.165) is 61.2 Å². The highest BCUT2D eigenvalue weighted by molar-refractivity contribution is 7.99. The highest BCUT2D eigenvalue weighted by Gasteiger charge is 2.48. The predicted molar refractivity (Wildman–Crippen MR) is 122 cm³/mol. The summed E-state index contributed by atoms with van der Waals surface area (Å²) in [5.41, 5.74) is 2.69. The van der Waals surface area contributed by atoms with E-state index >= 15 is 0 Å². The first-order valence-electron chi connectivity index (χ1n) is 11.3. The molecule has 4 aliphatic heterocycles. The molecule has 1 amide bonds. The second-order valence-corrected chi connectivity index (χ2v) is 9.92. The molecular weight excluding hydrogens is 441 g/mol. The van der Waals surface area contributed by atoms with Crippen molar-refractivity contribution in [2.75, 3.05) is 37.8 Å². The van der Waals surface area contributed by atoms with E-state index in [0.29, 0.717) is 16.8 Å². The Bertz CT molecular complexity index is 1180. The molecule has 0 saturated carbocycles. The third-order valence-electron chi connectivity index (χ3n) is 6.98. The molecule has 1 aromatic heterocycles. The fraction of sp³-hybridized carbons (Fsp3) is 0.391. The minimum atomic E-state index is -0.306. The number of tetrazole rings is 1. The van der Waals surface area contributed by atoms with Crippen LogP contribution in [0.3, 0.4) is 0 Å². The van der Waals surface area contributed by atoms with Crippen molar-refractivity contribution in [1.29, 1.82) is 0 Å². The lowest BCUT2D eigenvalue weighted by Gasteiger charge is -2.42. The van der Waals surface area contributed by atoms with Crippen LogP contribution in [0.5, 0.6) is 0 Å². The monoisotopic (exact) mass is 466 g/mol. The third kappa shape index (κ3) is 3.53. The largest absolute Gasteiger partial charge is 0.329 e. The van der Waals surface area contributed by atoms with Gasteiger partial charge in [0.1, 0.15) is 18.6 Å². The van der Waals surface area contributed by atoms with Crippen molar-refractivity contribution < 1.29 is 13.8 Å². The van der Waals surface area contributed by atoms with Gasteiger partial charge in [0.15, 0.2) is 11.5 Å². The van der Waals surface area contributed by atoms with Crippen LogP contribution in [0, 0.1) is 5.82 Å². The van der Waals surface area contributed by atoms with E-state index in [1.54, 1.807) is 10.7 Å². The molecule has 4 aliphatic rings. The molecule has 0 N–H and O–H groups in total. The van der Waals surface area contributed by atoms with Gasteiger partial charge in [-0.2, -0.15) is 9.27 Å². The maximum atomic E-state index is 13.7.